The predicted molar refractivity (Wildman–Crippen MR) is 64.8 cm³/mol. The van der Waals surface area contributed by atoms with Crippen LogP contribution in [0.25, 0.3) is 0 Å². The number of nitrogens with one attached hydrogen (secondary N) is 2. The summed E-state index contributed by atoms with van der Waals surface area (Å²) in [5.74, 6) is -1.93. The van der Waals surface area contributed by atoms with Crippen LogP contribution in [0, 0.1) is 18.3 Å². The number of aromatic nitrogens is 1. The van der Waals surface area contributed by atoms with Gasteiger partial charge in [0.15, 0.2) is 5.13 Å². The van der Waals surface area contributed by atoms with Gasteiger partial charge in [0.1, 0.15) is 18.2 Å². The first kappa shape index (κ1) is 13.7. The largest absolute Gasteiger partial charge is 0.480 e. The Morgan fingerprint density at radius 3 is 2.89 bits per heavy atom. The highest BCUT2D eigenvalue weighted by Crippen LogP contribution is 2.14. The molecule has 0 spiro atoms. The van der Waals surface area contributed by atoms with E-state index in [1.807, 2.05) is 12.3 Å². The minimum absolute atomic E-state index is 0.218. The number of aliphatic carboxylic acids is 1. The van der Waals surface area contributed by atoms with Gasteiger partial charge in [-0.05, 0) is 6.92 Å². The molecule has 94 valence electrons. The maximum absolute atomic E-state index is 11.4. The van der Waals surface area contributed by atoms with Crippen LogP contribution in [0.15, 0.2) is 17.2 Å². The lowest BCUT2D eigenvalue weighted by molar-refractivity contribution is -0.137. The molecule has 0 aliphatic rings. The average Bonchev–Trinajstić information content (AvgIpc) is 2.73. The van der Waals surface area contributed by atoms with Crippen LogP contribution in [0.5, 0.6) is 0 Å². The molecule has 0 aliphatic heterocycles. The quantitative estimate of drug-likeness (QED) is 0.527. The highest BCUT2D eigenvalue weighted by Gasteiger charge is 2.10. The van der Waals surface area contributed by atoms with Crippen LogP contribution < -0.4 is 10.6 Å². The van der Waals surface area contributed by atoms with Crippen molar-refractivity contribution in [1.29, 1.82) is 5.26 Å². The molecule has 7 nitrogen and oxygen atoms in total. The van der Waals surface area contributed by atoms with Gasteiger partial charge in [0.25, 0.3) is 5.91 Å². The van der Waals surface area contributed by atoms with Gasteiger partial charge in [-0.15, -0.1) is 11.3 Å². The third-order valence-electron chi connectivity index (χ3n) is 1.72. The van der Waals surface area contributed by atoms with E-state index in [1.54, 1.807) is 6.07 Å². The van der Waals surface area contributed by atoms with Gasteiger partial charge in [0.2, 0.25) is 0 Å². The second-order valence-electron chi connectivity index (χ2n) is 3.18. The van der Waals surface area contributed by atoms with Crippen molar-refractivity contribution in [2.75, 3.05) is 11.9 Å². The van der Waals surface area contributed by atoms with E-state index in [-0.39, 0.29) is 5.57 Å². The van der Waals surface area contributed by atoms with Gasteiger partial charge in [-0.3, -0.25) is 9.59 Å². The van der Waals surface area contributed by atoms with E-state index in [1.165, 1.54) is 17.5 Å². The molecule has 18 heavy (non-hydrogen) atoms. The maximum atomic E-state index is 11.4. The number of thiazole rings is 1. The predicted octanol–water partition coefficient (Wildman–Crippen LogP) is 0.472. The van der Waals surface area contributed by atoms with Gasteiger partial charge in [-0.25, -0.2) is 4.98 Å². The van der Waals surface area contributed by atoms with Crippen molar-refractivity contribution in [2.45, 2.75) is 6.92 Å². The molecule has 3 N–H and O–H groups in total. The summed E-state index contributed by atoms with van der Waals surface area (Å²) in [5.41, 5.74) is 0.605. The van der Waals surface area contributed by atoms with E-state index in [4.69, 9.17) is 10.4 Å². The number of carbonyl (C=O) groups is 2. The summed E-state index contributed by atoms with van der Waals surface area (Å²) >= 11 is 1.33. The highest BCUT2D eigenvalue weighted by atomic mass is 32.1. The highest BCUT2D eigenvalue weighted by molar-refractivity contribution is 7.13. The van der Waals surface area contributed by atoms with Gasteiger partial charge in [-0.2, -0.15) is 5.26 Å². The standard InChI is InChI=1S/C10H10N4O3S/c1-6-5-18-10(14-6)13-3-7(2-11)9(17)12-4-8(15)16/h3,5H,4H2,1H3,(H,12,17)(H,13,14)(H,15,16)/b7-3-. The van der Waals surface area contributed by atoms with Crippen LogP contribution in [0.1, 0.15) is 5.69 Å². The Morgan fingerprint density at radius 2 is 2.39 bits per heavy atom. The zero-order valence-electron chi connectivity index (χ0n) is 9.43. The van der Waals surface area contributed by atoms with E-state index >= 15 is 0 Å². The summed E-state index contributed by atoms with van der Waals surface area (Å²) in [7, 11) is 0. The molecule has 0 unspecified atom stereocenters. The molecule has 1 aromatic heterocycles. The molecule has 0 aliphatic carbocycles. The van der Waals surface area contributed by atoms with Crippen LogP contribution in [-0.2, 0) is 9.59 Å². The smallest absolute Gasteiger partial charge is 0.322 e. The number of nitriles is 1. The van der Waals surface area contributed by atoms with Crippen molar-refractivity contribution in [2.24, 2.45) is 0 Å². The van der Waals surface area contributed by atoms with Crippen LogP contribution in [0.3, 0.4) is 0 Å². The van der Waals surface area contributed by atoms with E-state index in [0.29, 0.717) is 5.13 Å². The molecule has 0 radical (unpaired) electrons. The van der Waals surface area contributed by atoms with Crippen molar-refractivity contribution in [3.63, 3.8) is 0 Å². The lowest BCUT2D eigenvalue weighted by Crippen LogP contribution is -2.30. The first-order valence-electron chi connectivity index (χ1n) is 4.82. The SMILES string of the molecule is Cc1csc(N/C=C(/C#N)C(=O)NCC(=O)O)n1. The molecular formula is C10H10N4O3S. The Bertz CT molecular complexity index is 529. The first-order valence-corrected chi connectivity index (χ1v) is 5.70. The number of nitrogens with zero attached hydrogens (tertiary/aromatic N) is 2. The van der Waals surface area contributed by atoms with E-state index in [2.05, 4.69) is 15.6 Å². The minimum Gasteiger partial charge on any atom is -0.480 e. The molecule has 1 heterocycles. The topological polar surface area (TPSA) is 115 Å². The number of hydrogen-bond donors (Lipinski definition) is 3. The monoisotopic (exact) mass is 266 g/mol. The number of amides is 1. The summed E-state index contributed by atoms with van der Waals surface area (Å²) in [4.78, 5) is 25.7. The zero-order valence-corrected chi connectivity index (χ0v) is 10.2. The van der Waals surface area contributed by atoms with Crippen molar-refractivity contribution >= 4 is 28.3 Å². The summed E-state index contributed by atoms with van der Waals surface area (Å²) in [6, 6.07) is 1.67. The number of hydrogen-bond acceptors (Lipinski definition) is 6. The fourth-order valence-electron chi connectivity index (χ4n) is 0.954. The zero-order chi connectivity index (χ0) is 13.5. The van der Waals surface area contributed by atoms with Crippen LogP contribution in [0.4, 0.5) is 5.13 Å². The molecule has 0 saturated carbocycles. The van der Waals surface area contributed by atoms with E-state index < -0.39 is 18.4 Å². The summed E-state index contributed by atoms with van der Waals surface area (Å²) in [6.07, 6.45) is 1.19. The Balaban J connectivity index is 2.63. The average molecular weight is 266 g/mol. The van der Waals surface area contributed by atoms with Gasteiger partial charge in [0, 0.05) is 11.6 Å². The van der Waals surface area contributed by atoms with Crippen LogP contribution >= 0.6 is 11.3 Å². The fraction of sp³-hybridized carbons (Fsp3) is 0.200. The lowest BCUT2D eigenvalue weighted by atomic mass is 10.3. The van der Waals surface area contributed by atoms with Crippen LogP contribution in [-0.4, -0.2) is 28.5 Å². The maximum Gasteiger partial charge on any atom is 0.322 e. The Hall–Kier alpha value is -2.40. The Kier molecular flexibility index (Phi) is 4.83. The molecule has 1 amide bonds. The van der Waals surface area contributed by atoms with Crippen molar-refractivity contribution in [3.8, 4) is 6.07 Å². The molecule has 1 rings (SSSR count). The molecule has 0 fully saturated rings. The lowest BCUT2D eigenvalue weighted by Gasteiger charge is -2.00. The van der Waals surface area contributed by atoms with Crippen molar-refractivity contribution in [3.05, 3.63) is 22.8 Å². The fourth-order valence-corrected chi connectivity index (χ4v) is 1.61. The number of aryl methyl sites for hydroxylation is 1. The summed E-state index contributed by atoms with van der Waals surface area (Å²) < 4.78 is 0. The number of carbonyl (C=O) groups excluding carboxylic acids is 1. The van der Waals surface area contributed by atoms with Crippen LogP contribution in [0.2, 0.25) is 0 Å². The Labute approximate surface area is 107 Å². The molecule has 0 aromatic carbocycles. The normalized spacial score (nSPS) is 10.6. The number of carboxylic acids is 1. The second-order valence-corrected chi connectivity index (χ2v) is 4.04. The van der Waals surface area contributed by atoms with E-state index in [9.17, 15) is 9.59 Å². The number of anilines is 1. The number of rotatable bonds is 5. The first-order chi connectivity index (χ1) is 8.52. The molecule has 0 atom stereocenters. The van der Waals surface area contributed by atoms with Crippen molar-refractivity contribution < 1.29 is 14.7 Å². The second kappa shape index (κ2) is 6.36. The van der Waals surface area contributed by atoms with Gasteiger partial charge >= 0.3 is 5.97 Å². The van der Waals surface area contributed by atoms with E-state index in [0.717, 1.165) is 5.69 Å². The molecule has 0 bridgehead atoms. The molecular weight excluding hydrogens is 256 g/mol. The van der Waals surface area contributed by atoms with Gasteiger partial charge in [0.05, 0.1) is 5.69 Å². The molecule has 8 heteroatoms. The third-order valence-corrected chi connectivity index (χ3v) is 2.62. The number of carboxylic acid groups (broad SMARTS) is 1. The van der Waals surface area contributed by atoms with Gasteiger partial charge in [-0.1, -0.05) is 0 Å². The Morgan fingerprint density at radius 1 is 1.67 bits per heavy atom. The van der Waals surface area contributed by atoms with Gasteiger partial charge < -0.3 is 15.7 Å². The summed E-state index contributed by atoms with van der Waals surface area (Å²) in [5, 5.41) is 24.3. The minimum atomic E-state index is -1.18. The molecule has 1 aromatic rings. The summed E-state index contributed by atoms with van der Waals surface area (Å²) in [6.45, 7) is 1.28. The van der Waals surface area contributed by atoms with Crippen molar-refractivity contribution in [1.82, 2.24) is 10.3 Å². The molecule has 0 saturated heterocycles. The third kappa shape index (κ3) is 4.23.